The van der Waals surface area contributed by atoms with Crippen LogP contribution in [0.5, 0.6) is 5.75 Å². The zero-order chi connectivity index (χ0) is 15.4. The van der Waals surface area contributed by atoms with Gasteiger partial charge in [-0.25, -0.2) is 0 Å². The Morgan fingerprint density at radius 1 is 1.52 bits per heavy atom. The predicted molar refractivity (Wildman–Crippen MR) is 74.9 cm³/mol. The topological polar surface area (TPSA) is 102 Å². The molecule has 0 saturated heterocycles. The minimum Gasteiger partial charge on any atom is -0.491 e. The van der Waals surface area contributed by atoms with E-state index in [0.717, 1.165) is 6.42 Å². The van der Waals surface area contributed by atoms with Crippen molar-refractivity contribution < 1.29 is 19.6 Å². The van der Waals surface area contributed by atoms with E-state index >= 15 is 0 Å². The Bertz CT molecular complexity index is 517. The third-order valence-corrected chi connectivity index (χ3v) is 3.45. The molecule has 0 heterocycles. The van der Waals surface area contributed by atoms with Crippen molar-refractivity contribution in [2.75, 3.05) is 13.2 Å². The Morgan fingerprint density at radius 3 is 2.67 bits per heavy atom. The summed E-state index contributed by atoms with van der Waals surface area (Å²) in [6, 6.07) is 5.60. The first-order chi connectivity index (χ1) is 9.97. The third-order valence-electron chi connectivity index (χ3n) is 3.45. The molecule has 0 aromatic heterocycles. The monoisotopic (exact) mass is 294 g/mol. The highest BCUT2D eigenvalue weighted by molar-refractivity contribution is 5.81. The summed E-state index contributed by atoms with van der Waals surface area (Å²) in [6.45, 7) is 2.16. The van der Waals surface area contributed by atoms with E-state index in [9.17, 15) is 20.0 Å². The molecule has 0 spiro atoms. The number of ether oxygens (including phenoxy) is 1. The van der Waals surface area contributed by atoms with Gasteiger partial charge in [-0.1, -0.05) is 6.92 Å². The minimum atomic E-state index is -0.821. The maximum atomic E-state index is 11.6. The third kappa shape index (κ3) is 4.42. The number of nitrogens with zero attached hydrogens (tertiary/aromatic N) is 1. The van der Waals surface area contributed by atoms with Crippen molar-refractivity contribution in [3.63, 3.8) is 0 Å². The lowest BCUT2D eigenvalue weighted by molar-refractivity contribution is -0.384. The van der Waals surface area contributed by atoms with Gasteiger partial charge in [-0.3, -0.25) is 14.9 Å². The molecule has 1 aliphatic carbocycles. The minimum absolute atomic E-state index is 0.0122. The van der Waals surface area contributed by atoms with Crippen molar-refractivity contribution in [1.82, 2.24) is 5.32 Å². The molecule has 7 nitrogen and oxygen atoms in total. The van der Waals surface area contributed by atoms with E-state index in [2.05, 4.69) is 5.32 Å². The van der Waals surface area contributed by atoms with Crippen LogP contribution in [0.1, 0.15) is 13.3 Å². The van der Waals surface area contributed by atoms with Crippen molar-refractivity contribution in [3.8, 4) is 5.75 Å². The summed E-state index contributed by atoms with van der Waals surface area (Å²) in [5, 5.41) is 22.9. The molecule has 1 aliphatic rings. The van der Waals surface area contributed by atoms with Gasteiger partial charge in [0.2, 0.25) is 5.91 Å². The summed E-state index contributed by atoms with van der Waals surface area (Å²) in [6.07, 6.45) is 0.0829. The van der Waals surface area contributed by atoms with E-state index in [4.69, 9.17) is 4.74 Å². The summed E-state index contributed by atoms with van der Waals surface area (Å²) in [5.74, 6) is 0.907. The first-order valence-corrected chi connectivity index (χ1v) is 6.80. The quantitative estimate of drug-likeness (QED) is 0.579. The van der Waals surface area contributed by atoms with Gasteiger partial charge in [0.25, 0.3) is 5.69 Å². The molecular formula is C14H18N2O5. The number of carbonyl (C=O) groups excluding carboxylic acids is 1. The average Bonchev–Trinajstić information content (AvgIpc) is 3.20. The van der Waals surface area contributed by atoms with Crippen LogP contribution in [-0.2, 0) is 4.79 Å². The van der Waals surface area contributed by atoms with Crippen molar-refractivity contribution in [3.05, 3.63) is 34.4 Å². The molecule has 1 saturated carbocycles. The van der Waals surface area contributed by atoms with E-state index in [0.29, 0.717) is 11.7 Å². The van der Waals surface area contributed by atoms with Gasteiger partial charge in [0.15, 0.2) is 0 Å². The van der Waals surface area contributed by atoms with E-state index in [1.807, 2.05) is 6.92 Å². The van der Waals surface area contributed by atoms with Crippen molar-refractivity contribution in [2.24, 2.45) is 11.8 Å². The molecule has 1 fully saturated rings. The summed E-state index contributed by atoms with van der Waals surface area (Å²) >= 11 is 0. The number of nitrogens with one attached hydrogen (secondary N) is 1. The van der Waals surface area contributed by atoms with Crippen LogP contribution >= 0.6 is 0 Å². The molecule has 1 amide bonds. The van der Waals surface area contributed by atoms with Gasteiger partial charge >= 0.3 is 0 Å². The number of aliphatic hydroxyl groups is 1. The summed E-state index contributed by atoms with van der Waals surface area (Å²) in [4.78, 5) is 21.6. The van der Waals surface area contributed by atoms with Crippen LogP contribution < -0.4 is 10.1 Å². The number of nitro groups is 1. The number of carbonyl (C=O) groups is 1. The number of hydrogen-bond donors (Lipinski definition) is 2. The first-order valence-electron chi connectivity index (χ1n) is 6.80. The highest BCUT2D eigenvalue weighted by Crippen LogP contribution is 2.37. The van der Waals surface area contributed by atoms with Gasteiger partial charge in [0.05, 0.1) is 4.92 Å². The lowest BCUT2D eigenvalue weighted by Crippen LogP contribution is -2.36. The Morgan fingerprint density at radius 2 is 2.14 bits per heavy atom. The number of rotatable bonds is 7. The fourth-order valence-electron chi connectivity index (χ4n) is 1.95. The van der Waals surface area contributed by atoms with E-state index in [-0.39, 0.29) is 30.7 Å². The molecule has 0 aliphatic heterocycles. The van der Waals surface area contributed by atoms with Gasteiger partial charge < -0.3 is 15.2 Å². The smallest absolute Gasteiger partial charge is 0.269 e. The molecule has 114 valence electrons. The predicted octanol–water partition coefficient (Wildman–Crippen LogP) is 1.11. The maximum absolute atomic E-state index is 11.6. The molecule has 7 heteroatoms. The summed E-state index contributed by atoms with van der Waals surface area (Å²) in [7, 11) is 0. The van der Waals surface area contributed by atoms with Crippen LogP contribution in [0, 0.1) is 22.0 Å². The zero-order valence-corrected chi connectivity index (χ0v) is 11.7. The fraction of sp³-hybridized carbons (Fsp3) is 0.500. The molecule has 3 atom stereocenters. The van der Waals surface area contributed by atoms with Gasteiger partial charge in [0.1, 0.15) is 18.5 Å². The van der Waals surface area contributed by atoms with Crippen molar-refractivity contribution in [1.29, 1.82) is 0 Å². The molecule has 0 radical (unpaired) electrons. The van der Waals surface area contributed by atoms with Crippen LogP contribution in [-0.4, -0.2) is 35.2 Å². The van der Waals surface area contributed by atoms with Crippen LogP contribution in [0.4, 0.5) is 5.69 Å². The van der Waals surface area contributed by atoms with Crippen LogP contribution in [0.2, 0.25) is 0 Å². The lowest BCUT2D eigenvalue weighted by atomic mass is 10.3. The van der Waals surface area contributed by atoms with Crippen molar-refractivity contribution in [2.45, 2.75) is 19.4 Å². The molecular weight excluding hydrogens is 276 g/mol. The Hall–Kier alpha value is -2.15. The summed E-state index contributed by atoms with van der Waals surface area (Å²) in [5.41, 5.74) is -0.0197. The number of nitro benzene ring substituents is 1. The lowest BCUT2D eigenvalue weighted by Gasteiger charge is -2.13. The maximum Gasteiger partial charge on any atom is 0.269 e. The number of aliphatic hydroxyl groups excluding tert-OH is 1. The van der Waals surface area contributed by atoms with E-state index < -0.39 is 11.0 Å². The second-order valence-corrected chi connectivity index (χ2v) is 5.28. The van der Waals surface area contributed by atoms with Crippen LogP contribution in [0.3, 0.4) is 0 Å². The Balaban J connectivity index is 1.69. The van der Waals surface area contributed by atoms with E-state index in [1.165, 1.54) is 24.3 Å². The number of hydrogen-bond acceptors (Lipinski definition) is 5. The number of non-ortho nitro benzene ring substituents is 1. The van der Waals surface area contributed by atoms with Crippen LogP contribution in [0.25, 0.3) is 0 Å². The first kappa shape index (κ1) is 15.2. The Labute approximate surface area is 122 Å². The summed E-state index contributed by atoms with van der Waals surface area (Å²) < 4.78 is 5.31. The van der Waals surface area contributed by atoms with Gasteiger partial charge in [-0.2, -0.15) is 0 Å². The van der Waals surface area contributed by atoms with Crippen LogP contribution in [0.15, 0.2) is 24.3 Å². The van der Waals surface area contributed by atoms with Crippen molar-refractivity contribution >= 4 is 11.6 Å². The van der Waals surface area contributed by atoms with E-state index in [1.54, 1.807) is 0 Å². The normalized spacial score (nSPS) is 21.4. The molecule has 2 rings (SSSR count). The number of benzene rings is 1. The number of amides is 1. The van der Waals surface area contributed by atoms with Gasteiger partial charge in [0, 0.05) is 24.6 Å². The van der Waals surface area contributed by atoms with Gasteiger partial charge in [-0.15, -0.1) is 0 Å². The second kappa shape index (κ2) is 6.53. The Kier molecular flexibility index (Phi) is 4.74. The largest absolute Gasteiger partial charge is 0.491 e. The highest BCUT2D eigenvalue weighted by Gasteiger charge is 2.38. The standard InChI is InChI=1S/C14H18N2O5/c1-9-6-13(9)14(18)15-7-11(17)8-21-12-4-2-10(3-5-12)16(19)20/h2-5,9,11,13,17H,6-8H2,1H3,(H,15,18)/t9-,11+,13-/m1/s1. The molecule has 2 N–H and O–H groups in total. The molecule has 21 heavy (non-hydrogen) atoms. The average molecular weight is 294 g/mol. The van der Waals surface area contributed by atoms with Gasteiger partial charge in [-0.05, 0) is 24.5 Å². The SMILES string of the molecule is C[C@@H]1C[C@H]1C(=O)NC[C@H](O)COc1ccc([N+](=O)[O-])cc1. The highest BCUT2D eigenvalue weighted by atomic mass is 16.6. The fourth-order valence-corrected chi connectivity index (χ4v) is 1.95. The molecule has 0 bridgehead atoms. The second-order valence-electron chi connectivity index (χ2n) is 5.28. The zero-order valence-electron chi connectivity index (χ0n) is 11.7. The molecule has 0 unspecified atom stereocenters. The molecule has 1 aromatic rings. The molecule has 1 aromatic carbocycles.